The normalized spacial score (nSPS) is 14.8. The van der Waals surface area contributed by atoms with E-state index in [1.807, 2.05) is 97.1 Å². The van der Waals surface area contributed by atoms with Crippen molar-refractivity contribution in [2.45, 2.75) is 59.0 Å². The van der Waals surface area contributed by atoms with Gasteiger partial charge in [-0.2, -0.15) is 0 Å². The fraction of sp³-hybridized carbons (Fsp3) is 0.241. The number of halogens is 2. The van der Waals surface area contributed by atoms with Gasteiger partial charge in [0, 0.05) is 56.8 Å². The minimum atomic E-state index is -0.0346. The van der Waals surface area contributed by atoms with Gasteiger partial charge in [-0.25, -0.2) is 9.97 Å². The third-order valence-corrected chi connectivity index (χ3v) is 13.0. The van der Waals surface area contributed by atoms with Crippen molar-refractivity contribution in [3.8, 4) is 45.9 Å². The molecule has 10 rings (SSSR count). The smallest absolute Gasteiger partial charge is 0.193 e. The summed E-state index contributed by atoms with van der Waals surface area (Å²) < 4.78 is 12.1. The Kier molecular flexibility index (Phi) is 14.3. The van der Waals surface area contributed by atoms with Crippen molar-refractivity contribution < 1.29 is 8.83 Å². The van der Waals surface area contributed by atoms with Crippen molar-refractivity contribution in [1.82, 2.24) is 19.8 Å². The maximum Gasteiger partial charge on any atom is 0.193 e. The third-order valence-electron chi connectivity index (χ3n) is 12.5. The van der Waals surface area contributed by atoms with E-state index >= 15 is 0 Å². The monoisotopic (exact) mass is 936 g/mol. The number of fused-ring (bicyclic) bond motifs is 2. The lowest BCUT2D eigenvalue weighted by Gasteiger charge is -2.36. The first-order valence-corrected chi connectivity index (χ1v) is 23.8. The Morgan fingerprint density at radius 3 is 1.37 bits per heavy atom. The highest BCUT2D eigenvalue weighted by molar-refractivity contribution is 6.30. The number of likely N-dealkylation sites (tertiary alicyclic amines) is 2. The maximum atomic E-state index is 12.8. The molecule has 0 spiro atoms. The van der Waals surface area contributed by atoms with E-state index in [0.717, 1.165) is 78.2 Å². The van der Waals surface area contributed by atoms with Gasteiger partial charge in [-0.05, 0) is 153 Å². The molecule has 0 aliphatic carbocycles. The molecule has 8 aromatic rings. The van der Waals surface area contributed by atoms with Gasteiger partial charge in [-0.1, -0.05) is 91.7 Å². The summed E-state index contributed by atoms with van der Waals surface area (Å²) in [6.07, 6.45) is 9.61. The van der Waals surface area contributed by atoms with Crippen LogP contribution in [0.25, 0.3) is 44.2 Å². The predicted molar refractivity (Wildman–Crippen MR) is 274 cm³/mol. The molecule has 2 fully saturated rings. The Bertz CT molecular complexity index is 3310. The minimum absolute atomic E-state index is 0.0302. The van der Waals surface area contributed by atoms with Crippen LogP contribution in [0.3, 0.4) is 0 Å². The molecule has 2 saturated heterocycles. The van der Waals surface area contributed by atoms with E-state index in [1.54, 1.807) is 36.7 Å². The van der Waals surface area contributed by atoms with Crippen LogP contribution in [0, 0.1) is 29.1 Å². The highest BCUT2D eigenvalue weighted by Crippen LogP contribution is 2.31. The molecule has 0 radical (unpaired) electrons. The molecule has 2 aliphatic heterocycles. The maximum absolute atomic E-state index is 12.8. The van der Waals surface area contributed by atoms with Crippen LogP contribution in [0.15, 0.2) is 152 Å². The molecule has 8 nitrogen and oxygen atoms in total. The average molecular weight is 938 g/mol. The van der Waals surface area contributed by atoms with Gasteiger partial charge in [-0.3, -0.25) is 19.4 Å². The number of hydrogen-bond donors (Lipinski definition) is 0. The molecule has 68 heavy (non-hydrogen) atoms. The second-order valence-electron chi connectivity index (χ2n) is 18.2. The molecule has 0 bridgehead atoms. The number of piperidine rings is 2. The van der Waals surface area contributed by atoms with Crippen molar-refractivity contribution in [1.29, 1.82) is 0 Å². The lowest BCUT2D eigenvalue weighted by Crippen LogP contribution is -2.36. The van der Waals surface area contributed by atoms with E-state index in [2.05, 4.69) is 57.3 Å². The van der Waals surface area contributed by atoms with Crippen LogP contribution in [-0.4, -0.2) is 45.9 Å². The molecule has 0 saturated carbocycles. The molecular weight excluding hydrogens is 888 g/mol. The van der Waals surface area contributed by atoms with E-state index in [0.29, 0.717) is 67.6 Å². The van der Waals surface area contributed by atoms with Gasteiger partial charge >= 0.3 is 0 Å². The van der Waals surface area contributed by atoms with E-state index in [-0.39, 0.29) is 10.9 Å². The molecule has 0 atom stereocenters. The number of hydrogen-bond acceptors (Lipinski definition) is 8. The summed E-state index contributed by atoms with van der Waals surface area (Å²) in [4.78, 5) is 39.1. The van der Waals surface area contributed by atoms with Crippen molar-refractivity contribution in [2.75, 3.05) is 26.2 Å². The summed E-state index contributed by atoms with van der Waals surface area (Å²) in [5.74, 6) is 13.8. The Morgan fingerprint density at radius 1 is 0.515 bits per heavy atom. The number of aromatic nitrogens is 2. The SMILES string of the molecule is CC1(C)CCN(Cc2cc(=O)c3cc(C#Cc4ccc(-c5ccc(Cl)cc5)cn4)ccc3o2)CC1.O=c1cc(CN2CCCCC2)oc2ccc(C#Cc3ccc(-c4ccc(Cl)cc4)cn3)cc12. The Labute approximate surface area is 406 Å². The van der Waals surface area contributed by atoms with Crippen LogP contribution in [0.1, 0.15) is 80.0 Å². The highest BCUT2D eigenvalue weighted by atomic mass is 35.5. The molecule has 2 aliphatic rings. The molecule has 0 N–H and O–H groups in total. The van der Waals surface area contributed by atoms with Crippen LogP contribution in [0.4, 0.5) is 0 Å². The van der Waals surface area contributed by atoms with Gasteiger partial charge in [0.25, 0.3) is 0 Å². The van der Waals surface area contributed by atoms with Crippen LogP contribution in [-0.2, 0) is 13.1 Å². The molecule has 340 valence electrons. The number of pyridine rings is 2. The molecule has 6 heterocycles. The zero-order valence-electron chi connectivity index (χ0n) is 38.2. The van der Waals surface area contributed by atoms with Crippen LogP contribution in [0.5, 0.6) is 0 Å². The molecule has 4 aromatic carbocycles. The first-order valence-electron chi connectivity index (χ1n) is 23.1. The highest BCUT2D eigenvalue weighted by Gasteiger charge is 2.26. The Balaban J connectivity index is 0.000000170. The standard InChI is InChI=1S/C30H27ClN2O2.C28H23ClN2O2/c1-30(2)13-15-33(16-14-30)20-26-18-28(34)27-17-21(4-12-29(27)35-26)3-10-25-11-7-23(19-32-25)22-5-8-24(31)9-6-22;29-23-9-6-21(7-10-23)22-8-12-24(30-18-22)11-4-20-5-13-28-26(16-20)27(32)17-25(33-28)19-31-14-2-1-3-15-31/h4-9,11-12,17-19H,13-16,20H2,1-2H3;5-10,12-13,16-18H,1-3,14-15,19H2. The fourth-order valence-electron chi connectivity index (χ4n) is 8.43. The van der Waals surface area contributed by atoms with Crippen molar-refractivity contribution in [2.24, 2.45) is 5.41 Å². The summed E-state index contributed by atoms with van der Waals surface area (Å²) in [6.45, 7) is 10.2. The molecule has 0 amide bonds. The largest absolute Gasteiger partial charge is 0.459 e. The predicted octanol–water partition coefficient (Wildman–Crippen LogP) is 12.4. The number of rotatable bonds is 6. The lowest BCUT2D eigenvalue weighted by atomic mass is 9.83. The minimum Gasteiger partial charge on any atom is -0.459 e. The third kappa shape index (κ3) is 12.0. The molecule has 10 heteroatoms. The van der Waals surface area contributed by atoms with Crippen molar-refractivity contribution in [3.63, 3.8) is 0 Å². The van der Waals surface area contributed by atoms with E-state index in [1.165, 1.54) is 19.3 Å². The topological polar surface area (TPSA) is 92.7 Å². The first-order chi connectivity index (χ1) is 33.0. The molecule has 4 aromatic heterocycles. The average Bonchev–Trinajstić information content (AvgIpc) is 3.35. The summed E-state index contributed by atoms with van der Waals surface area (Å²) >= 11 is 11.9. The molecular formula is C58H50Cl2N4O4. The van der Waals surface area contributed by atoms with Gasteiger partial charge in [0.05, 0.1) is 23.9 Å². The second kappa shape index (κ2) is 21.0. The van der Waals surface area contributed by atoms with Crippen LogP contribution >= 0.6 is 23.2 Å². The second-order valence-corrected chi connectivity index (χ2v) is 19.1. The van der Waals surface area contributed by atoms with Crippen molar-refractivity contribution in [3.05, 3.63) is 198 Å². The van der Waals surface area contributed by atoms with Gasteiger partial charge in [0.1, 0.15) is 34.1 Å². The van der Waals surface area contributed by atoms with Gasteiger partial charge in [0.2, 0.25) is 0 Å². The zero-order valence-corrected chi connectivity index (χ0v) is 39.7. The number of benzene rings is 4. The zero-order chi connectivity index (χ0) is 47.0. The Morgan fingerprint density at radius 2 is 0.941 bits per heavy atom. The quantitative estimate of drug-likeness (QED) is 0.152. The van der Waals surface area contributed by atoms with Gasteiger partial charge < -0.3 is 8.83 Å². The summed E-state index contributed by atoms with van der Waals surface area (Å²) in [7, 11) is 0. The molecule has 0 unspecified atom stereocenters. The van der Waals surface area contributed by atoms with Gasteiger partial charge in [-0.15, -0.1) is 0 Å². The van der Waals surface area contributed by atoms with Crippen LogP contribution in [0.2, 0.25) is 10.0 Å². The first kappa shape index (κ1) is 46.3. The fourth-order valence-corrected chi connectivity index (χ4v) is 8.68. The summed E-state index contributed by atoms with van der Waals surface area (Å²) in [6, 6.07) is 37.3. The summed E-state index contributed by atoms with van der Waals surface area (Å²) in [5.41, 5.74) is 8.45. The van der Waals surface area contributed by atoms with E-state index in [4.69, 9.17) is 32.0 Å². The Hall–Kier alpha value is -6.78. The summed E-state index contributed by atoms with van der Waals surface area (Å²) in [5, 5.41) is 2.51. The lowest BCUT2D eigenvalue weighted by molar-refractivity contribution is 0.120. The van der Waals surface area contributed by atoms with Gasteiger partial charge in [0.15, 0.2) is 10.9 Å². The number of nitrogens with zero attached hydrogens (tertiary/aromatic N) is 4. The van der Waals surface area contributed by atoms with E-state index in [9.17, 15) is 9.59 Å². The van der Waals surface area contributed by atoms with Crippen molar-refractivity contribution >= 4 is 45.1 Å². The van der Waals surface area contributed by atoms with E-state index < -0.39 is 0 Å². The van der Waals surface area contributed by atoms with Crippen LogP contribution < -0.4 is 10.9 Å².